The fourth-order valence-electron chi connectivity index (χ4n) is 5.90. The van der Waals surface area contributed by atoms with E-state index >= 15 is 0 Å². The zero-order chi connectivity index (χ0) is 27.7. The molecular formula is C31H26MgN4O4-2. The van der Waals surface area contributed by atoms with Gasteiger partial charge in [-0.25, -0.2) is 0 Å². The zero-order valence-corrected chi connectivity index (χ0v) is 24.5. The molecule has 0 unspecified atom stereocenters. The Labute approximate surface area is 247 Å². The molecule has 40 heavy (non-hydrogen) atoms. The summed E-state index contributed by atoms with van der Waals surface area (Å²) >= 11 is 0. The molecule has 198 valence electrons. The number of Topliss-reactive ketones (excluding diaryl/α,β-unsaturated/α-hetero) is 1. The average molecular weight is 543 g/mol. The van der Waals surface area contributed by atoms with Gasteiger partial charge in [-0.1, -0.05) is 60.1 Å². The monoisotopic (exact) mass is 542 g/mol. The Balaban J connectivity index is 0.00000323. The second kappa shape index (κ2) is 9.98. The summed E-state index contributed by atoms with van der Waals surface area (Å²) in [5.74, 6) is -2.13. The van der Waals surface area contributed by atoms with Gasteiger partial charge in [0.05, 0.1) is 7.11 Å². The Kier molecular flexibility index (Phi) is 6.92. The van der Waals surface area contributed by atoms with Crippen molar-refractivity contribution in [1.29, 1.82) is 0 Å². The Morgan fingerprint density at radius 1 is 0.975 bits per heavy atom. The summed E-state index contributed by atoms with van der Waals surface area (Å²) in [4.78, 5) is 53.1. The van der Waals surface area contributed by atoms with E-state index in [0.29, 0.717) is 67.7 Å². The van der Waals surface area contributed by atoms with E-state index in [-0.39, 0.29) is 34.8 Å². The van der Waals surface area contributed by atoms with Gasteiger partial charge in [0.15, 0.2) is 5.78 Å². The predicted molar refractivity (Wildman–Crippen MR) is 153 cm³/mol. The van der Waals surface area contributed by atoms with Crippen LogP contribution in [0, 0.1) is 32.6 Å². The number of nitrogens with zero attached hydrogens (tertiary/aromatic N) is 4. The zero-order valence-electron chi connectivity index (χ0n) is 23.1. The fraction of sp³-hybridized carbons (Fsp3) is 0.258. The van der Waals surface area contributed by atoms with Crippen LogP contribution in [-0.4, -0.2) is 48.2 Å². The third-order valence-corrected chi connectivity index (χ3v) is 8.02. The Bertz CT molecular complexity index is 1830. The number of carbonyl (C=O) groups excluding carboxylic acids is 3. The number of hydrogen-bond acceptors (Lipinski definition) is 4. The molecular weight excluding hydrogens is 517 g/mol. The molecule has 0 saturated carbocycles. The average Bonchev–Trinajstić information content (AvgIpc) is 3.65. The Hall–Kier alpha value is -3.82. The minimum Gasteiger partial charge on any atom is -0.664 e. The van der Waals surface area contributed by atoms with Crippen LogP contribution in [-0.2, 0) is 9.53 Å². The summed E-state index contributed by atoms with van der Waals surface area (Å²) in [6.45, 7) is 11.6. The molecule has 0 spiro atoms. The van der Waals surface area contributed by atoms with Gasteiger partial charge in [-0.05, 0) is 38.7 Å². The summed E-state index contributed by atoms with van der Waals surface area (Å²) in [6.07, 6.45) is 8.68. The number of ketones is 1. The smallest absolute Gasteiger partial charge is 0.664 e. The molecule has 9 heteroatoms. The largest absolute Gasteiger partial charge is 2.00 e. The van der Waals surface area contributed by atoms with Gasteiger partial charge in [0.2, 0.25) is 0 Å². The van der Waals surface area contributed by atoms with Crippen LogP contribution in [0.5, 0.6) is 0 Å². The molecule has 0 amide bonds. The maximum Gasteiger partial charge on any atom is 2.00 e. The van der Waals surface area contributed by atoms with Gasteiger partial charge in [0.1, 0.15) is 12.2 Å². The number of ether oxygens (including phenoxy) is 1. The first-order chi connectivity index (χ1) is 18.7. The van der Waals surface area contributed by atoms with E-state index in [2.05, 4.69) is 6.58 Å². The van der Waals surface area contributed by atoms with Crippen molar-refractivity contribution in [1.82, 2.24) is 15.0 Å². The van der Waals surface area contributed by atoms with Gasteiger partial charge < -0.3 is 25.0 Å². The van der Waals surface area contributed by atoms with Crippen molar-refractivity contribution < 1.29 is 19.1 Å². The van der Waals surface area contributed by atoms with Crippen LogP contribution >= 0.6 is 0 Å². The molecule has 0 N–H and O–H groups in total. The number of esters is 1. The van der Waals surface area contributed by atoms with Crippen molar-refractivity contribution in [3.05, 3.63) is 90.1 Å². The van der Waals surface area contributed by atoms with Gasteiger partial charge >= 0.3 is 29.0 Å². The number of fused-ring (bicyclic) bond motifs is 7. The molecule has 6 rings (SSSR count). The van der Waals surface area contributed by atoms with Gasteiger partial charge in [-0.3, -0.25) is 14.4 Å². The second-order valence-corrected chi connectivity index (χ2v) is 10.3. The number of carbonyl (C=O) groups is 3. The summed E-state index contributed by atoms with van der Waals surface area (Å²) in [5, 5.41) is 6.00. The first-order valence-electron chi connectivity index (χ1n) is 12.8. The summed E-state index contributed by atoms with van der Waals surface area (Å²) in [5.41, 5.74) is 8.39. The van der Waals surface area contributed by atoms with Crippen LogP contribution in [0.2, 0.25) is 0 Å². The van der Waals surface area contributed by atoms with E-state index in [1.54, 1.807) is 18.2 Å². The number of aldehydes is 1. The van der Waals surface area contributed by atoms with E-state index in [1.807, 2.05) is 33.8 Å². The number of hydrogen-bond donors (Lipinski definition) is 0. The van der Waals surface area contributed by atoms with Crippen LogP contribution in [0.4, 0.5) is 0 Å². The number of allylic oxidation sites excluding steroid dienone is 2. The van der Waals surface area contributed by atoms with Gasteiger partial charge in [-0.2, -0.15) is 11.4 Å². The predicted octanol–water partition coefficient (Wildman–Crippen LogP) is 2.68. The van der Waals surface area contributed by atoms with Crippen molar-refractivity contribution in [2.24, 2.45) is 11.8 Å². The molecule has 2 atom stereocenters. The van der Waals surface area contributed by atoms with Crippen LogP contribution in [0.25, 0.3) is 35.2 Å². The fourth-order valence-corrected chi connectivity index (χ4v) is 5.90. The third-order valence-electron chi connectivity index (χ3n) is 8.02. The summed E-state index contributed by atoms with van der Waals surface area (Å²) < 4.78 is 5.05. The van der Waals surface area contributed by atoms with Crippen molar-refractivity contribution in [3.8, 4) is 0 Å². The van der Waals surface area contributed by atoms with Crippen LogP contribution in [0.1, 0.15) is 79.1 Å². The van der Waals surface area contributed by atoms with Gasteiger partial charge in [0.25, 0.3) is 0 Å². The topological polar surface area (TPSA) is 117 Å². The second-order valence-electron chi connectivity index (χ2n) is 10.3. The minimum atomic E-state index is -1.11. The minimum absolute atomic E-state index is 0. The molecule has 1 aliphatic carbocycles. The molecule has 0 radical (unpaired) electrons. The number of methoxy groups -OCH3 is 1. The molecule has 3 aliphatic rings. The van der Waals surface area contributed by atoms with Crippen molar-refractivity contribution >= 4 is 71.0 Å². The molecule has 3 aromatic rings. The third kappa shape index (κ3) is 3.90. The maximum atomic E-state index is 13.7. The molecule has 2 aliphatic heterocycles. The van der Waals surface area contributed by atoms with E-state index in [4.69, 9.17) is 25.0 Å². The SMILES string of the molecule is C=Cc1c2[n-]c(c1C)/C=C1/C[C@H](C)/C(=C3/c4[n-]c(c(C)c4C(=O)[C@@H]3C(=O)OC)/C=c3\[n-]/c(c(C=O)c3C)=C\2)[N-]1.[Mg+2]. The van der Waals surface area contributed by atoms with E-state index < -0.39 is 11.9 Å². The summed E-state index contributed by atoms with van der Waals surface area (Å²) in [7, 11) is 1.28. The molecule has 8 nitrogen and oxygen atoms in total. The molecule has 1 saturated heterocycles. The van der Waals surface area contributed by atoms with E-state index in [9.17, 15) is 14.4 Å². The van der Waals surface area contributed by atoms with E-state index in [0.717, 1.165) is 28.8 Å². The quantitative estimate of drug-likeness (QED) is 0.216. The normalized spacial score (nSPS) is 23.6. The van der Waals surface area contributed by atoms with Gasteiger partial charge in [-0.15, -0.1) is 33.5 Å². The molecule has 0 aromatic carbocycles. The summed E-state index contributed by atoms with van der Waals surface area (Å²) in [6, 6.07) is 0. The van der Waals surface area contributed by atoms with Crippen molar-refractivity contribution in [3.63, 3.8) is 0 Å². The molecule has 5 heterocycles. The molecule has 8 bridgehead atoms. The van der Waals surface area contributed by atoms with Crippen LogP contribution in [0.15, 0.2) is 18.0 Å². The number of rotatable bonds is 3. The standard InChI is InChI=1S/C31H27N4O4.Mg/c1-7-18-14(3)20-9-17-8-13(2)28(32-17)26-27(31(38)39-6)30(37)25-16(5)22(35-29(25)26)10-21-15(4)19(12-36)24(34-21)11-23(18)33-20;/h7,9-13,27H,1,8H2,2-6H3,(H-,32,35,36,37);/q-3;+2/p-1/b17-9-,24-11-;/t13-,27+;/m0./s1. The first kappa shape index (κ1) is 27.7. The number of aromatic nitrogens is 3. The van der Waals surface area contributed by atoms with Crippen LogP contribution < -0.4 is 25.7 Å². The molecule has 1 fully saturated rings. The van der Waals surface area contributed by atoms with Gasteiger partial charge in [0, 0.05) is 11.1 Å². The maximum absolute atomic E-state index is 13.7. The van der Waals surface area contributed by atoms with Crippen LogP contribution in [0.3, 0.4) is 0 Å². The Morgan fingerprint density at radius 3 is 2.35 bits per heavy atom. The van der Waals surface area contributed by atoms with Crippen molar-refractivity contribution in [2.45, 2.75) is 34.1 Å². The molecule has 3 aromatic heterocycles. The van der Waals surface area contributed by atoms with E-state index in [1.165, 1.54) is 7.11 Å². The Morgan fingerprint density at radius 2 is 1.68 bits per heavy atom. The first-order valence-corrected chi connectivity index (χ1v) is 12.8. The van der Waals surface area contributed by atoms with Crippen molar-refractivity contribution in [2.75, 3.05) is 7.11 Å².